The van der Waals surface area contributed by atoms with E-state index in [0.29, 0.717) is 38.9 Å². The zero-order valence-corrected chi connectivity index (χ0v) is 14.7. The van der Waals surface area contributed by atoms with Crippen molar-refractivity contribution in [3.05, 3.63) is 42.2 Å². The summed E-state index contributed by atoms with van der Waals surface area (Å²) in [5.74, 6) is 0.556. The van der Waals surface area contributed by atoms with Gasteiger partial charge in [0.1, 0.15) is 0 Å². The Morgan fingerprint density at radius 1 is 1.23 bits per heavy atom. The quantitative estimate of drug-likeness (QED) is 0.723. The Labute approximate surface area is 152 Å². The number of hydrogen-bond donors (Lipinski definition) is 3. The third-order valence-electron chi connectivity index (χ3n) is 3.97. The minimum Gasteiger partial charge on any atom is -0.376 e. The molecule has 0 saturated carbocycles. The highest BCUT2D eigenvalue weighted by atomic mass is 16.6. The van der Waals surface area contributed by atoms with Crippen LogP contribution in [0.2, 0.25) is 0 Å². The molecule has 1 unspecified atom stereocenters. The fourth-order valence-electron chi connectivity index (χ4n) is 2.56. The molecule has 3 rings (SSSR count). The number of carbonyl (C=O) groups is 1. The van der Waals surface area contributed by atoms with Crippen LogP contribution in [0.3, 0.4) is 0 Å². The molecule has 1 aliphatic heterocycles. The summed E-state index contributed by atoms with van der Waals surface area (Å²) in [5, 5.41) is 8.46. The first-order valence-corrected chi connectivity index (χ1v) is 8.55. The monoisotopic (exact) mass is 357 g/mol. The number of anilines is 1. The fourth-order valence-corrected chi connectivity index (χ4v) is 2.56. The van der Waals surface area contributed by atoms with E-state index >= 15 is 0 Å². The van der Waals surface area contributed by atoms with Crippen LogP contribution in [0, 0.1) is 0 Å². The van der Waals surface area contributed by atoms with Gasteiger partial charge < -0.3 is 25.4 Å². The zero-order chi connectivity index (χ0) is 18.2. The molecule has 3 N–H and O–H groups in total. The van der Waals surface area contributed by atoms with Crippen molar-refractivity contribution in [3.8, 4) is 11.1 Å². The van der Waals surface area contributed by atoms with Gasteiger partial charge in [-0.1, -0.05) is 18.2 Å². The third-order valence-corrected chi connectivity index (χ3v) is 3.97. The van der Waals surface area contributed by atoms with Crippen molar-refractivity contribution < 1.29 is 14.3 Å². The van der Waals surface area contributed by atoms with Gasteiger partial charge in [0.15, 0.2) is 0 Å². The highest BCUT2D eigenvalue weighted by molar-refractivity contribution is 5.73. The molecule has 26 heavy (non-hydrogen) atoms. The van der Waals surface area contributed by atoms with Crippen LogP contribution in [0.15, 0.2) is 36.7 Å². The maximum Gasteiger partial charge on any atom is 0.314 e. The highest BCUT2D eigenvalue weighted by Gasteiger charge is 2.14. The molecular formula is C18H23N5O3. The van der Waals surface area contributed by atoms with Crippen molar-refractivity contribution in [1.29, 1.82) is 0 Å². The van der Waals surface area contributed by atoms with E-state index in [4.69, 9.17) is 9.47 Å². The summed E-state index contributed by atoms with van der Waals surface area (Å²) in [5.41, 5.74) is 2.91. The van der Waals surface area contributed by atoms with E-state index < -0.39 is 0 Å². The molecule has 0 spiro atoms. The van der Waals surface area contributed by atoms with E-state index in [1.165, 1.54) is 0 Å². The number of amides is 2. The summed E-state index contributed by atoms with van der Waals surface area (Å²) in [6.07, 6.45) is 3.58. The van der Waals surface area contributed by atoms with Gasteiger partial charge in [-0.25, -0.2) is 14.8 Å². The number of carbonyl (C=O) groups excluding carboxylic acids is 1. The van der Waals surface area contributed by atoms with Crippen molar-refractivity contribution in [3.63, 3.8) is 0 Å². The molecule has 8 heteroatoms. The summed E-state index contributed by atoms with van der Waals surface area (Å²) in [6, 6.07) is 7.70. The number of hydrogen-bond acceptors (Lipinski definition) is 6. The van der Waals surface area contributed by atoms with E-state index in [9.17, 15) is 4.79 Å². The predicted octanol–water partition coefficient (Wildman–Crippen LogP) is 1.40. The number of nitrogens with one attached hydrogen (secondary N) is 3. The van der Waals surface area contributed by atoms with Gasteiger partial charge in [-0.15, -0.1) is 0 Å². The molecular weight excluding hydrogens is 334 g/mol. The van der Waals surface area contributed by atoms with Gasteiger partial charge in [0.25, 0.3) is 0 Å². The Bertz CT molecular complexity index is 717. The first-order valence-electron chi connectivity index (χ1n) is 8.55. The van der Waals surface area contributed by atoms with E-state index in [2.05, 4.69) is 25.9 Å². The number of urea groups is 1. The maximum absolute atomic E-state index is 11.3. The Kier molecular flexibility index (Phi) is 6.34. The summed E-state index contributed by atoms with van der Waals surface area (Å²) in [6.45, 7) is 2.93. The van der Waals surface area contributed by atoms with Gasteiger partial charge >= 0.3 is 6.03 Å². The van der Waals surface area contributed by atoms with Crippen molar-refractivity contribution in [2.24, 2.45) is 0 Å². The van der Waals surface area contributed by atoms with Gasteiger partial charge in [0.05, 0.1) is 25.9 Å². The summed E-state index contributed by atoms with van der Waals surface area (Å²) in [7, 11) is 1.59. The lowest BCUT2D eigenvalue weighted by molar-refractivity contribution is -0.0819. The molecule has 1 atom stereocenters. The van der Waals surface area contributed by atoms with E-state index in [1.807, 2.05) is 24.3 Å². The van der Waals surface area contributed by atoms with Gasteiger partial charge in [0.2, 0.25) is 5.95 Å². The third kappa shape index (κ3) is 5.14. The molecule has 2 amide bonds. The molecule has 0 aliphatic carbocycles. The standard InChI is InChI=1S/C18H23N5O3/c1-19-18(24)23-8-13-3-2-4-14(7-13)15-9-20-17(21-10-15)22-11-16-12-25-5-6-26-16/h2-4,7,9-10,16H,5-6,8,11-12H2,1H3,(H2,19,23,24)(H,20,21,22). The van der Waals surface area contributed by atoms with Crippen molar-refractivity contribution >= 4 is 12.0 Å². The van der Waals surface area contributed by atoms with E-state index in [1.54, 1.807) is 19.4 Å². The minimum atomic E-state index is -0.207. The predicted molar refractivity (Wildman–Crippen MR) is 97.8 cm³/mol. The minimum absolute atomic E-state index is 0.0246. The molecule has 1 aliphatic rings. The second-order valence-corrected chi connectivity index (χ2v) is 5.88. The van der Waals surface area contributed by atoms with Crippen LogP contribution in [-0.4, -0.2) is 55.5 Å². The fraction of sp³-hybridized carbons (Fsp3) is 0.389. The summed E-state index contributed by atoms with van der Waals surface area (Å²) >= 11 is 0. The lowest BCUT2D eigenvalue weighted by Crippen LogP contribution is -2.34. The molecule has 0 radical (unpaired) electrons. The molecule has 138 valence electrons. The van der Waals surface area contributed by atoms with E-state index in [0.717, 1.165) is 16.7 Å². The lowest BCUT2D eigenvalue weighted by Gasteiger charge is -2.22. The maximum atomic E-state index is 11.3. The SMILES string of the molecule is CNC(=O)NCc1cccc(-c2cnc(NCC3COCCO3)nc2)c1. The van der Waals surface area contributed by atoms with Crippen molar-refractivity contribution in [1.82, 2.24) is 20.6 Å². The van der Waals surface area contributed by atoms with Crippen LogP contribution >= 0.6 is 0 Å². The number of ether oxygens (including phenoxy) is 2. The number of rotatable bonds is 6. The van der Waals surface area contributed by atoms with Crippen LogP contribution in [-0.2, 0) is 16.0 Å². The van der Waals surface area contributed by atoms with Gasteiger partial charge in [-0.3, -0.25) is 0 Å². The molecule has 0 bridgehead atoms. The molecule has 1 aromatic heterocycles. The van der Waals surface area contributed by atoms with Crippen LogP contribution in [0.5, 0.6) is 0 Å². The van der Waals surface area contributed by atoms with Crippen LogP contribution < -0.4 is 16.0 Å². The molecule has 1 fully saturated rings. The Morgan fingerprint density at radius 2 is 2.08 bits per heavy atom. The summed E-state index contributed by atoms with van der Waals surface area (Å²) < 4.78 is 10.9. The van der Waals surface area contributed by atoms with Gasteiger partial charge in [-0.2, -0.15) is 0 Å². The Hall–Kier alpha value is -2.71. The smallest absolute Gasteiger partial charge is 0.314 e. The Balaban J connectivity index is 1.58. The lowest BCUT2D eigenvalue weighted by atomic mass is 10.1. The number of nitrogens with zero attached hydrogens (tertiary/aromatic N) is 2. The second kappa shape index (κ2) is 9.12. The second-order valence-electron chi connectivity index (χ2n) is 5.88. The molecule has 1 saturated heterocycles. The molecule has 8 nitrogen and oxygen atoms in total. The molecule has 2 heterocycles. The van der Waals surface area contributed by atoms with Crippen LogP contribution in [0.4, 0.5) is 10.7 Å². The van der Waals surface area contributed by atoms with Gasteiger partial charge in [-0.05, 0) is 17.2 Å². The number of aromatic nitrogens is 2. The zero-order valence-electron chi connectivity index (χ0n) is 14.7. The average Bonchev–Trinajstić information content (AvgIpc) is 2.72. The number of benzene rings is 1. The first-order chi connectivity index (χ1) is 12.7. The van der Waals surface area contributed by atoms with E-state index in [-0.39, 0.29) is 12.1 Å². The Morgan fingerprint density at radius 3 is 2.81 bits per heavy atom. The van der Waals surface area contributed by atoms with Crippen molar-refractivity contribution in [2.75, 3.05) is 38.7 Å². The van der Waals surface area contributed by atoms with Crippen LogP contribution in [0.1, 0.15) is 5.56 Å². The van der Waals surface area contributed by atoms with Crippen molar-refractivity contribution in [2.45, 2.75) is 12.6 Å². The molecule has 1 aromatic carbocycles. The topological polar surface area (TPSA) is 97.4 Å². The normalized spacial score (nSPS) is 16.7. The molecule has 2 aromatic rings. The average molecular weight is 357 g/mol. The first kappa shape index (κ1) is 18.1. The highest BCUT2D eigenvalue weighted by Crippen LogP contribution is 2.19. The van der Waals surface area contributed by atoms with Gasteiger partial charge in [0, 0.05) is 38.1 Å². The van der Waals surface area contributed by atoms with Crippen LogP contribution in [0.25, 0.3) is 11.1 Å². The largest absolute Gasteiger partial charge is 0.376 e. The summed E-state index contributed by atoms with van der Waals surface area (Å²) in [4.78, 5) is 20.0.